The Morgan fingerprint density at radius 1 is 1.35 bits per heavy atom. The third kappa shape index (κ3) is 4.77. The summed E-state index contributed by atoms with van der Waals surface area (Å²) in [6.07, 6.45) is 3.63. The molecule has 1 aromatic rings. The van der Waals surface area contributed by atoms with Gasteiger partial charge in [-0.15, -0.1) is 0 Å². The number of likely N-dealkylation sites (tertiary alicyclic amines) is 1. The van der Waals surface area contributed by atoms with E-state index in [0.717, 1.165) is 24.8 Å². The van der Waals surface area contributed by atoms with E-state index < -0.39 is 10.8 Å². The van der Waals surface area contributed by atoms with Crippen LogP contribution in [0.25, 0.3) is 0 Å². The number of piperidine rings is 1. The summed E-state index contributed by atoms with van der Waals surface area (Å²) in [6, 6.07) is 6.20. The summed E-state index contributed by atoms with van der Waals surface area (Å²) in [6.45, 7) is 0.645. The second kappa shape index (κ2) is 7.71. The molecule has 0 spiro atoms. The SMILES string of the molecule is NC(=O)CC1CCCCN1C(=O)CCc1cccc([N+](=O)[O-])c1. The number of nitrogens with two attached hydrogens (primary N) is 1. The second-order valence-electron chi connectivity index (χ2n) is 5.83. The smallest absolute Gasteiger partial charge is 0.269 e. The van der Waals surface area contributed by atoms with Crippen LogP contribution < -0.4 is 5.73 Å². The number of carbonyl (C=O) groups excluding carboxylic acids is 2. The molecule has 0 aromatic heterocycles. The van der Waals surface area contributed by atoms with Gasteiger partial charge in [0.05, 0.1) is 4.92 Å². The average Bonchev–Trinajstić information content (AvgIpc) is 2.53. The number of nitro benzene ring substituents is 1. The van der Waals surface area contributed by atoms with Crippen molar-refractivity contribution in [3.63, 3.8) is 0 Å². The first kappa shape index (κ1) is 16.9. The number of non-ortho nitro benzene ring substituents is 1. The van der Waals surface area contributed by atoms with Crippen LogP contribution in [0, 0.1) is 10.1 Å². The fourth-order valence-electron chi connectivity index (χ4n) is 2.99. The lowest BCUT2D eigenvalue weighted by Crippen LogP contribution is -2.45. The quantitative estimate of drug-likeness (QED) is 0.637. The average molecular weight is 319 g/mol. The van der Waals surface area contributed by atoms with Gasteiger partial charge in [0.25, 0.3) is 5.69 Å². The van der Waals surface area contributed by atoms with E-state index >= 15 is 0 Å². The molecule has 2 rings (SSSR count). The molecular weight excluding hydrogens is 298 g/mol. The van der Waals surface area contributed by atoms with Crippen LogP contribution in [0.15, 0.2) is 24.3 Å². The van der Waals surface area contributed by atoms with Gasteiger partial charge >= 0.3 is 0 Å². The predicted molar refractivity (Wildman–Crippen MR) is 84.6 cm³/mol. The lowest BCUT2D eigenvalue weighted by atomic mass is 9.98. The number of primary amides is 1. The number of hydrogen-bond donors (Lipinski definition) is 1. The van der Waals surface area contributed by atoms with Gasteiger partial charge in [-0.05, 0) is 31.2 Å². The summed E-state index contributed by atoms with van der Waals surface area (Å²) in [5.41, 5.74) is 6.04. The molecule has 2 amide bonds. The number of benzene rings is 1. The van der Waals surface area contributed by atoms with Crippen LogP contribution in [-0.2, 0) is 16.0 Å². The van der Waals surface area contributed by atoms with Gasteiger partial charge < -0.3 is 10.6 Å². The molecule has 1 saturated heterocycles. The Kier molecular flexibility index (Phi) is 5.67. The van der Waals surface area contributed by atoms with E-state index in [2.05, 4.69) is 0 Å². The highest BCUT2D eigenvalue weighted by atomic mass is 16.6. The highest BCUT2D eigenvalue weighted by molar-refractivity contribution is 5.79. The summed E-state index contributed by atoms with van der Waals surface area (Å²) in [7, 11) is 0. The molecular formula is C16H21N3O4. The summed E-state index contributed by atoms with van der Waals surface area (Å²) in [4.78, 5) is 35.6. The molecule has 0 aliphatic carbocycles. The first-order valence-corrected chi connectivity index (χ1v) is 7.78. The zero-order valence-electron chi connectivity index (χ0n) is 12.9. The van der Waals surface area contributed by atoms with Gasteiger partial charge in [-0.3, -0.25) is 19.7 Å². The first-order chi connectivity index (χ1) is 11.0. The lowest BCUT2D eigenvalue weighted by molar-refractivity contribution is -0.384. The number of aryl methyl sites for hydroxylation is 1. The summed E-state index contributed by atoms with van der Waals surface area (Å²) >= 11 is 0. The van der Waals surface area contributed by atoms with Crippen LogP contribution in [0.3, 0.4) is 0 Å². The molecule has 1 aromatic carbocycles. The Hall–Kier alpha value is -2.44. The maximum Gasteiger partial charge on any atom is 0.269 e. The topological polar surface area (TPSA) is 107 Å². The van der Waals surface area contributed by atoms with Gasteiger partial charge in [0, 0.05) is 37.6 Å². The number of nitro groups is 1. The predicted octanol–water partition coefficient (Wildman–Crippen LogP) is 1.78. The largest absolute Gasteiger partial charge is 0.370 e. The molecule has 0 bridgehead atoms. The van der Waals surface area contributed by atoms with Gasteiger partial charge in [0.15, 0.2) is 0 Å². The van der Waals surface area contributed by atoms with Crippen molar-refractivity contribution in [2.45, 2.75) is 44.6 Å². The Balaban J connectivity index is 1.96. The monoisotopic (exact) mass is 319 g/mol. The number of nitrogens with zero attached hydrogens (tertiary/aromatic N) is 2. The van der Waals surface area contributed by atoms with Gasteiger partial charge in [0.1, 0.15) is 0 Å². The third-order valence-electron chi connectivity index (χ3n) is 4.13. The zero-order valence-corrected chi connectivity index (χ0v) is 12.9. The van der Waals surface area contributed by atoms with Crippen molar-refractivity contribution in [2.75, 3.05) is 6.54 Å². The number of rotatable bonds is 6. The van der Waals surface area contributed by atoms with Crippen LogP contribution >= 0.6 is 0 Å². The van der Waals surface area contributed by atoms with E-state index in [0.29, 0.717) is 13.0 Å². The van der Waals surface area contributed by atoms with E-state index in [4.69, 9.17) is 5.73 Å². The van der Waals surface area contributed by atoms with Crippen molar-refractivity contribution >= 4 is 17.5 Å². The second-order valence-corrected chi connectivity index (χ2v) is 5.83. The molecule has 1 aliphatic rings. The molecule has 0 saturated carbocycles. The first-order valence-electron chi connectivity index (χ1n) is 7.78. The maximum atomic E-state index is 12.4. The number of amides is 2. The van der Waals surface area contributed by atoms with Crippen molar-refractivity contribution in [1.82, 2.24) is 4.90 Å². The minimum Gasteiger partial charge on any atom is -0.370 e. The highest BCUT2D eigenvalue weighted by Crippen LogP contribution is 2.21. The lowest BCUT2D eigenvalue weighted by Gasteiger charge is -2.35. The van der Waals surface area contributed by atoms with Crippen molar-refractivity contribution in [2.24, 2.45) is 5.73 Å². The van der Waals surface area contributed by atoms with E-state index in [1.165, 1.54) is 12.1 Å². The molecule has 23 heavy (non-hydrogen) atoms. The van der Waals surface area contributed by atoms with E-state index in [9.17, 15) is 19.7 Å². The molecule has 1 heterocycles. The molecule has 1 atom stereocenters. The fraction of sp³-hybridized carbons (Fsp3) is 0.500. The highest BCUT2D eigenvalue weighted by Gasteiger charge is 2.27. The van der Waals surface area contributed by atoms with Crippen molar-refractivity contribution in [1.29, 1.82) is 0 Å². The zero-order chi connectivity index (χ0) is 16.8. The Morgan fingerprint density at radius 3 is 2.83 bits per heavy atom. The van der Waals surface area contributed by atoms with Gasteiger partial charge in [-0.25, -0.2) is 0 Å². The Morgan fingerprint density at radius 2 is 2.13 bits per heavy atom. The third-order valence-corrected chi connectivity index (χ3v) is 4.13. The van der Waals surface area contributed by atoms with E-state index in [-0.39, 0.29) is 30.5 Å². The molecule has 7 heteroatoms. The van der Waals surface area contributed by atoms with Crippen LogP contribution in [0.2, 0.25) is 0 Å². The Labute approximate surface area is 134 Å². The fourth-order valence-corrected chi connectivity index (χ4v) is 2.99. The van der Waals surface area contributed by atoms with Gasteiger partial charge in [-0.1, -0.05) is 12.1 Å². The number of carbonyl (C=O) groups is 2. The van der Waals surface area contributed by atoms with Crippen molar-refractivity contribution in [3.05, 3.63) is 39.9 Å². The molecule has 7 nitrogen and oxygen atoms in total. The van der Waals surface area contributed by atoms with Gasteiger partial charge in [-0.2, -0.15) is 0 Å². The summed E-state index contributed by atoms with van der Waals surface area (Å²) in [5.74, 6) is -0.421. The van der Waals surface area contributed by atoms with Crippen LogP contribution in [0.5, 0.6) is 0 Å². The molecule has 1 fully saturated rings. The van der Waals surface area contributed by atoms with Crippen molar-refractivity contribution < 1.29 is 14.5 Å². The van der Waals surface area contributed by atoms with E-state index in [1.54, 1.807) is 17.0 Å². The molecule has 1 unspecified atom stereocenters. The minimum absolute atomic E-state index is 0.0255. The minimum atomic E-state index is -0.446. The molecule has 124 valence electrons. The number of hydrogen-bond acceptors (Lipinski definition) is 4. The molecule has 1 aliphatic heterocycles. The molecule has 2 N–H and O–H groups in total. The normalized spacial score (nSPS) is 17.7. The van der Waals surface area contributed by atoms with Crippen LogP contribution in [0.1, 0.15) is 37.7 Å². The summed E-state index contributed by atoms with van der Waals surface area (Å²) in [5, 5.41) is 10.8. The van der Waals surface area contributed by atoms with E-state index in [1.807, 2.05) is 0 Å². The van der Waals surface area contributed by atoms with Crippen LogP contribution in [-0.4, -0.2) is 34.2 Å². The van der Waals surface area contributed by atoms with Crippen molar-refractivity contribution in [3.8, 4) is 0 Å². The standard InChI is InChI=1S/C16H21N3O4/c17-15(20)11-13-5-1-2-9-18(13)16(21)8-7-12-4-3-6-14(10-12)19(22)23/h3-4,6,10,13H,1-2,5,7-9,11H2,(H2,17,20). The summed E-state index contributed by atoms with van der Waals surface area (Å²) < 4.78 is 0. The Bertz CT molecular complexity index is 603. The maximum absolute atomic E-state index is 12.4. The molecule has 0 radical (unpaired) electrons. The van der Waals surface area contributed by atoms with Gasteiger partial charge in [0.2, 0.25) is 11.8 Å². The van der Waals surface area contributed by atoms with Crippen LogP contribution in [0.4, 0.5) is 5.69 Å².